The molecule has 16 heavy (non-hydrogen) atoms. The summed E-state index contributed by atoms with van der Waals surface area (Å²) in [6.07, 6.45) is 1.54. The molecule has 0 aromatic carbocycles. The number of pyridine rings is 2. The number of halogens is 1. The van der Waals surface area contributed by atoms with Crippen LogP contribution in [0.5, 0.6) is 0 Å². The summed E-state index contributed by atoms with van der Waals surface area (Å²) in [5.74, 6) is 0. The van der Waals surface area contributed by atoms with Gasteiger partial charge in [0.05, 0.1) is 10.6 Å². The number of nitro groups is 1. The lowest BCUT2D eigenvalue weighted by Crippen LogP contribution is -1.96. The summed E-state index contributed by atoms with van der Waals surface area (Å²) in [5, 5.41) is 11.0. The van der Waals surface area contributed by atoms with E-state index in [-0.39, 0.29) is 16.5 Å². The highest BCUT2D eigenvalue weighted by Gasteiger charge is 2.17. The van der Waals surface area contributed by atoms with E-state index in [0.29, 0.717) is 5.69 Å². The van der Waals surface area contributed by atoms with Gasteiger partial charge in [0.1, 0.15) is 5.15 Å². The molecule has 0 unspecified atom stereocenters. The van der Waals surface area contributed by atoms with Gasteiger partial charge in [-0.3, -0.25) is 15.1 Å². The zero-order valence-corrected chi connectivity index (χ0v) is 8.76. The molecule has 5 nitrogen and oxygen atoms in total. The second-order valence-corrected chi connectivity index (χ2v) is 3.36. The van der Waals surface area contributed by atoms with Crippen LogP contribution in [0.3, 0.4) is 0 Å². The van der Waals surface area contributed by atoms with E-state index in [0.717, 1.165) is 0 Å². The van der Waals surface area contributed by atoms with Crippen molar-refractivity contribution < 1.29 is 4.92 Å². The summed E-state index contributed by atoms with van der Waals surface area (Å²) in [5.41, 5.74) is 0.498. The third-order valence-electron chi connectivity index (χ3n) is 1.94. The van der Waals surface area contributed by atoms with Gasteiger partial charge in [-0.1, -0.05) is 17.7 Å². The lowest BCUT2D eigenvalue weighted by Gasteiger charge is -2.01. The summed E-state index contributed by atoms with van der Waals surface area (Å²) in [6.45, 7) is 0. The molecule has 2 rings (SSSR count). The van der Waals surface area contributed by atoms with Crippen molar-refractivity contribution >= 4 is 17.3 Å². The van der Waals surface area contributed by atoms with Gasteiger partial charge in [-0.05, 0) is 18.2 Å². The minimum atomic E-state index is -0.507. The molecule has 0 atom stereocenters. The maximum Gasteiger partial charge on any atom is 0.297 e. The van der Waals surface area contributed by atoms with E-state index < -0.39 is 4.92 Å². The van der Waals surface area contributed by atoms with E-state index in [2.05, 4.69) is 9.97 Å². The quantitative estimate of drug-likeness (QED) is 0.456. The molecule has 2 aromatic heterocycles. The number of aromatic nitrogens is 2. The average Bonchev–Trinajstić information content (AvgIpc) is 2.29. The summed E-state index contributed by atoms with van der Waals surface area (Å²) in [4.78, 5) is 18.2. The SMILES string of the molecule is O=[N+]([O-])c1ccc(Cl)nc1-c1ccccn1. The van der Waals surface area contributed by atoms with Crippen LogP contribution < -0.4 is 0 Å². The molecule has 80 valence electrons. The Hall–Kier alpha value is -2.01. The van der Waals surface area contributed by atoms with Gasteiger partial charge in [-0.15, -0.1) is 0 Å². The zero-order valence-electron chi connectivity index (χ0n) is 8.00. The molecule has 2 aromatic rings. The van der Waals surface area contributed by atoms with Gasteiger partial charge in [0.25, 0.3) is 5.69 Å². The molecule has 0 fully saturated rings. The van der Waals surface area contributed by atoms with Gasteiger partial charge >= 0.3 is 0 Å². The first-order valence-corrected chi connectivity index (χ1v) is 4.78. The van der Waals surface area contributed by atoms with Crippen LogP contribution in [0.4, 0.5) is 5.69 Å². The maximum atomic E-state index is 10.8. The minimum absolute atomic E-state index is 0.108. The molecule has 0 aliphatic heterocycles. The first kappa shape index (κ1) is 10.5. The van der Waals surface area contributed by atoms with Gasteiger partial charge in [0.15, 0.2) is 5.69 Å². The van der Waals surface area contributed by atoms with Gasteiger partial charge in [-0.25, -0.2) is 4.98 Å². The molecule has 0 N–H and O–H groups in total. The van der Waals surface area contributed by atoms with E-state index in [4.69, 9.17) is 11.6 Å². The van der Waals surface area contributed by atoms with Crippen LogP contribution in [0.25, 0.3) is 11.4 Å². The highest BCUT2D eigenvalue weighted by molar-refractivity contribution is 6.29. The molecule has 0 spiro atoms. The number of hydrogen-bond donors (Lipinski definition) is 0. The van der Waals surface area contributed by atoms with Crippen LogP contribution in [0, 0.1) is 10.1 Å². The molecule has 0 amide bonds. The number of nitrogens with zero attached hydrogens (tertiary/aromatic N) is 3. The summed E-state index contributed by atoms with van der Waals surface area (Å²) < 4.78 is 0. The molecule has 0 aliphatic carbocycles. The Morgan fingerprint density at radius 2 is 2.06 bits per heavy atom. The highest BCUT2D eigenvalue weighted by atomic mass is 35.5. The van der Waals surface area contributed by atoms with Crippen LogP contribution >= 0.6 is 11.6 Å². The van der Waals surface area contributed by atoms with Gasteiger partial charge in [0.2, 0.25) is 0 Å². The Morgan fingerprint density at radius 1 is 1.25 bits per heavy atom. The second kappa shape index (κ2) is 4.24. The summed E-state index contributed by atoms with van der Waals surface area (Å²) in [7, 11) is 0. The second-order valence-electron chi connectivity index (χ2n) is 2.97. The van der Waals surface area contributed by atoms with Crippen LogP contribution in [0.15, 0.2) is 36.5 Å². The van der Waals surface area contributed by atoms with E-state index in [9.17, 15) is 10.1 Å². The monoisotopic (exact) mass is 235 g/mol. The van der Waals surface area contributed by atoms with Gasteiger partial charge in [0, 0.05) is 12.3 Å². The zero-order chi connectivity index (χ0) is 11.5. The van der Waals surface area contributed by atoms with Crippen LogP contribution in [-0.4, -0.2) is 14.9 Å². The van der Waals surface area contributed by atoms with Crippen molar-refractivity contribution in [2.24, 2.45) is 0 Å². The van der Waals surface area contributed by atoms with Crippen LogP contribution in [0.2, 0.25) is 5.15 Å². The summed E-state index contributed by atoms with van der Waals surface area (Å²) in [6, 6.07) is 7.80. The molecule has 0 bridgehead atoms. The topological polar surface area (TPSA) is 68.9 Å². The average molecular weight is 236 g/mol. The van der Waals surface area contributed by atoms with Crippen molar-refractivity contribution in [3.63, 3.8) is 0 Å². The first-order valence-electron chi connectivity index (χ1n) is 4.41. The molecule has 2 heterocycles. The third-order valence-corrected chi connectivity index (χ3v) is 2.15. The van der Waals surface area contributed by atoms with Crippen LogP contribution in [-0.2, 0) is 0 Å². The molecule has 0 saturated carbocycles. The largest absolute Gasteiger partial charge is 0.297 e. The normalized spacial score (nSPS) is 10.1. The fourth-order valence-corrected chi connectivity index (χ4v) is 1.41. The Bertz CT molecular complexity index is 531. The Kier molecular flexibility index (Phi) is 2.78. The smallest absolute Gasteiger partial charge is 0.258 e. The van der Waals surface area contributed by atoms with Crippen molar-refractivity contribution in [2.45, 2.75) is 0 Å². The predicted molar refractivity (Wildman–Crippen MR) is 59.1 cm³/mol. The maximum absolute atomic E-state index is 10.8. The van der Waals surface area contributed by atoms with Gasteiger partial charge < -0.3 is 0 Å². The fourth-order valence-electron chi connectivity index (χ4n) is 1.27. The predicted octanol–water partition coefficient (Wildman–Crippen LogP) is 2.71. The van der Waals surface area contributed by atoms with E-state index in [1.54, 1.807) is 24.4 Å². The first-order chi connectivity index (χ1) is 7.68. The summed E-state index contributed by atoms with van der Waals surface area (Å²) >= 11 is 5.71. The van der Waals surface area contributed by atoms with E-state index in [1.165, 1.54) is 12.1 Å². The van der Waals surface area contributed by atoms with E-state index in [1.807, 2.05) is 0 Å². The van der Waals surface area contributed by atoms with Crippen molar-refractivity contribution in [3.8, 4) is 11.4 Å². The molecular weight excluding hydrogens is 230 g/mol. The van der Waals surface area contributed by atoms with Crippen LogP contribution in [0.1, 0.15) is 0 Å². The number of rotatable bonds is 2. The standard InChI is InChI=1S/C10H6ClN3O2/c11-9-5-4-8(14(15)16)10(13-9)7-3-1-2-6-12-7/h1-6H. The molecular formula is C10H6ClN3O2. The van der Waals surface area contributed by atoms with Crippen molar-refractivity contribution in [3.05, 3.63) is 51.8 Å². The lowest BCUT2D eigenvalue weighted by molar-refractivity contribution is -0.384. The van der Waals surface area contributed by atoms with Crippen molar-refractivity contribution in [1.29, 1.82) is 0 Å². The Balaban J connectivity index is 2.63. The number of hydrogen-bond acceptors (Lipinski definition) is 4. The fraction of sp³-hybridized carbons (Fsp3) is 0. The minimum Gasteiger partial charge on any atom is -0.258 e. The highest BCUT2D eigenvalue weighted by Crippen LogP contribution is 2.27. The Morgan fingerprint density at radius 3 is 2.69 bits per heavy atom. The molecule has 0 radical (unpaired) electrons. The van der Waals surface area contributed by atoms with Crippen molar-refractivity contribution in [2.75, 3.05) is 0 Å². The van der Waals surface area contributed by atoms with Crippen molar-refractivity contribution in [1.82, 2.24) is 9.97 Å². The molecule has 0 aliphatic rings. The molecule has 0 saturated heterocycles. The van der Waals surface area contributed by atoms with Gasteiger partial charge in [-0.2, -0.15) is 0 Å². The lowest BCUT2D eigenvalue weighted by atomic mass is 10.2. The van der Waals surface area contributed by atoms with E-state index >= 15 is 0 Å². The third kappa shape index (κ3) is 1.99. The Labute approximate surface area is 95.9 Å². The molecule has 6 heteroatoms.